The number of amides is 1. The number of ether oxygens (including phenoxy) is 1. The zero-order chi connectivity index (χ0) is 16.6. The van der Waals surface area contributed by atoms with E-state index in [2.05, 4.69) is 0 Å². The molecule has 0 radical (unpaired) electrons. The highest BCUT2D eigenvalue weighted by Gasteiger charge is 2.56. The zero-order valence-corrected chi connectivity index (χ0v) is 13.7. The Bertz CT molecular complexity index is 594. The molecule has 126 valence electrons. The van der Waals surface area contributed by atoms with E-state index in [-0.39, 0.29) is 23.5 Å². The minimum absolute atomic E-state index is 0.0932. The molecular weight excluding hydrogens is 297 g/mol. The second kappa shape index (κ2) is 6.21. The van der Waals surface area contributed by atoms with E-state index in [0.717, 1.165) is 18.4 Å². The Morgan fingerprint density at radius 3 is 2.74 bits per heavy atom. The molecule has 1 aliphatic heterocycles. The second-order valence-corrected chi connectivity index (χ2v) is 6.68. The summed E-state index contributed by atoms with van der Waals surface area (Å²) in [7, 11) is 0. The fourth-order valence-electron chi connectivity index (χ4n) is 3.94. The monoisotopic (exact) mass is 321 g/mol. The van der Waals surface area contributed by atoms with Crippen LogP contribution in [0.5, 0.6) is 0 Å². The molecule has 1 aromatic carbocycles. The number of likely N-dealkylation sites (tertiary alicyclic amines) is 1. The van der Waals surface area contributed by atoms with Crippen LogP contribution in [0.2, 0.25) is 0 Å². The topological polar surface area (TPSA) is 49.8 Å². The number of hydrogen-bond acceptors (Lipinski definition) is 3. The number of piperidine rings is 1. The number of aliphatic hydroxyl groups excluding tert-OH is 1. The first-order valence-corrected chi connectivity index (χ1v) is 8.33. The van der Waals surface area contributed by atoms with Gasteiger partial charge in [0, 0.05) is 37.1 Å². The van der Waals surface area contributed by atoms with Crippen molar-refractivity contribution < 1.29 is 19.0 Å². The SMILES string of the molecule is CCOC1CC(O)C12CCN(C(=O)c1cc(F)ccc1C)CC2. The fraction of sp³-hybridized carbons (Fsp3) is 0.611. The molecule has 1 saturated heterocycles. The summed E-state index contributed by atoms with van der Waals surface area (Å²) in [5, 5.41) is 10.2. The Labute approximate surface area is 136 Å². The van der Waals surface area contributed by atoms with Crippen molar-refractivity contribution in [1.82, 2.24) is 4.90 Å². The van der Waals surface area contributed by atoms with Crippen LogP contribution in [0.1, 0.15) is 42.1 Å². The number of nitrogens with zero attached hydrogens (tertiary/aromatic N) is 1. The van der Waals surface area contributed by atoms with Gasteiger partial charge in [-0.05, 0) is 44.4 Å². The molecular formula is C18H24FNO3. The quantitative estimate of drug-likeness (QED) is 0.931. The van der Waals surface area contributed by atoms with E-state index in [1.165, 1.54) is 12.1 Å². The van der Waals surface area contributed by atoms with Crippen LogP contribution in [0.25, 0.3) is 0 Å². The summed E-state index contributed by atoms with van der Waals surface area (Å²) in [5.41, 5.74) is 1.01. The van der Waals surface area contributed by atoms with Gasteiger partial charge in [-0.25, -0.2) is 4.39 Å². The molecule has 2 atom stereocenters. The first kappa shape index (κ1) is 16.4. The first-order chi connectivity index (χ1) is 11.0. The van der Waals surface area contributed by atoms with Gasteiger partial charge in [0.05, 0.1) is 12.2 Å². The summed E-state index contributed by atoms with van der Waals surface area (Å²) in [6, 6.07) is 4.31. The van der Waals surface area contributed by atoms with Crippen LogP contribution in [0.4, 0.5) is 4.39 Å². The van der Waals surface area contributed by atoms with Crippen LogP contribution in [-0.4, -0.2) is 47.8 Å². The number of carbonyl (C=O) groups excluding carboxylic acids is 1. The Kier molecular flexibility index (Phi) is 4.43. The van der Waals surface area contributed by atoms with Crippen molar-refractivity contribution in [3.63, 3.8) is 0 Å². The number of rotatable bonds is 3. The number of aryl methyl sites for hydroxylation is 1. The molecule has 1 aromatic rings. The van der Waals surface area contributed by atoms with Gasteiger partial charge in [0.15, 0.2) is 0 Å². The Morgan fingerprint density at radius 2 is 2.13 bits per heavy atom. The summed E-state index contributed by atoms with van der Waals surface area (Å²) in [6.45, 7) is 5.58. The highest BCUT2D eigenvalue weighted by molar-refractivity contribution is 5.95. The third kappa shape index (κ3) is 2.76. The van der Waals surface area contributed by atoms with Crippen molar-refractivity contribution in [3.05, 3.63) is 35.1 Å². The zero-order valence-electron chi connectivity index (χ0n) is 13.7. The van der Waals surface area contributed by atoms with Gasteiger partial charge in [-0.1, -0.05) is 6.07 Å². The molecule has 4 nitrogen and oxygen atoms in total. The van der Waals surface area contributed by atoms with Gasteiger partial charge in [0.2, 0.25) is 0 Å². The van der Waals surface area contributed by atoms with E-state index < -0.39 is 5.82 Å². The van der Waals surface area contributed by atoms with Gasteiger partial charge in [0.25, 0.3) is 5.91 Å². The minimum atomic E-state index is -0.391. The van der Waals surface area contributed by atoms with Crippen molar-refractivity contribution in [2.45, 2.75) is 45.3 Å². The maximum absolute atomic E-state index is 13.4. The molecule has 1 amide bonds. The Balaban J connectivity index is 1.69. The van der Waals surface area contributed by atoms with Crippen LogP contribution >= 0.6 is 0 Å². The average molecular weight is 321 g/mol. The van der Waals surface area contributed by atoms with E-state index in [1.807, 2.05) is 13.8 Å². The van der Waals surface area contributed by atoms with Gasteiger partial charge in [0.1, 0.15) is 5.82 Å². The fourth-order valence-corrected chi connectivity index (χ4v) is 3.94. The van der Waals surface area contributed by atoms with Crippen LogP contribution < -0.4 is 0 Å². The van der Waals surface area contributed by atoms with Crippen molar-refractivity contribution in [2.75, 3.05) is 19.7 Å². The molecule has 2 fully saturated rings. The Morgan fingerprint density at radius 1 is 1.43 bits per heavy atom. The lowest BCUT2D eigenvalue weighted by Gasteiger charge is -2.56. The van der Waals surface area contributed by atoms with Crippen LogP contribution in [0.3, 0.4) is 0 Å². The smallest absolute Gasteiger partial charge is 0.254 e. The lowest BCUT2D eigenvalue weighted by molar-refractivity contribution is -0.207. The molecule has 5 heteroatoms. The maximum Gasteiger partial charge on any atom is 0.254 e. The second-order valence-electron chi connectivity index (χ2n) is 6.68. The summed E-state index contributed by atoms with van der Waals surface area (Å²) in [6.07, 6.45) is 1.91. The molecule has 3 rings (SSSR count). The highest BCUT2D eigenvalue weighted by atomic mass is 19.1. The number of hydrogen-bond donors (Lipinski definition) is 1. The summed E-state index contributed by atoms with van der Waals surface area (Å²) in [4.78, 5) is 14.4. The van der Waals surface area contributed by atoms with E-state index in [9.17, 15) is 14.3 Å². The predicted octanol–water partition coefficient (Wildman–Crippen LogP) is 2.53. The number of benzene rings is 1. The maximum atomic E-state index is 13.4. The van der Waals surface area contributed by atoms with E-state index in [1.54, 1.807) is 11.0 Å². The molecule has 2 aliphatic rings. The van der Waals surface area contributed by atoms with Gasteiger partial charge in [-0.2, -0.15) is 0 Å². The number of halogens is 1. The number of aliphatic hydroxyl groups is 1. The normalized spacial score (nSPS) is 26.2. The lowest BCUT2D eigenvalue weighted by atomic mass is 9.58. The van der Waals surface area contributed by atoms with Crippen LogP contribution in [-0.2, 0) is 4.74 Å². The van der Waals surface area contributed by atoms with E-state index in [4.69, 9.17) is 4.74 Å². The first-order valence-electron chi connectivity index (χ1n) is 8.33. The van der Waals surface area contributed by atoms with Crippen LogP contribution in [0, 0.1) is 18.2 Å². The lowest BCUT2D eigenvalue weighted by Crippen LogP contribution is -2.62. The summed E-state index contributed by atoms with van der Waals surface area (Å²) >= 11 is 0. The molecule has 1 spiro atoms. The predicted molar refractivity (Wildman–Crippen MR) is 84.7 cm³/mol. The molecule has 1 N–H and O–H groups in total. The molecule has 2 unspecified atom stereocenters. The largest absolute Gasteiger partial charge is 0.392 e. The van der Waals surface area contributed by atoms with Gasteiger partial charge in [-0.3, -0.25) is 4.79 Å². The third-order valence-electron chi connectivity index (χ3n) is 5.52. The summed E-state index contributed by atoms with van der Waals surface area (Å²) in [5.74, 6) is -0.517. The van der Waals surface area contributed by atoms with Crippen molar-refractivity contribution in [1.29, 1.82) is 0 Å². The summed E-state index contributed by atoms with van der Waals surface area (Å²) < 4.78 is 19.2. The van der Waals surface area contributed by atoms with Gasteiger partial charge in [-0.15, -0.1) is 0 Å². The molecule has 0 bridgehead atoms. The standard InChI is InChI=1S/C18H24FNO3/c1-3-23-16-11-15(21)18(16)6-8-20(9-7-18)17(22)14-10-13(19)5-4-12(14)2/h4-5,10,15-16,21H,3,6-9,11H2,1-2H3. The molecule has 23 heavy (non-hydrogen) atoms. The molecule has 1 heterocycles. The van der Waals surface area contributed by atoms with Crippen molar-refractivity contribution in [3.8, 4) is 0 Å². The van der Waals surface area contributed by atoms with Crippen LogP contribution in [0.15, 0.2) is 18.2 Å². The third-order valence-corrected chi connectivity index (χ3v) is 5.52. The highest BCUT2D eigenvalue weighted by Crippen LogP contribution is 2.51. The van der Waals surface area contributed by atoms with Crippen molar-refractivity contribution in [2.24, 2.45) is 5.41 Å². The average Bonchev–Trinajstić information content (AvgIpc) is 2.56. The molecule has 1 aliphatic carbocycles. The minimum Gasteiger partial charge on any atom is -0.392 e. The molecule has 0 aromatic heterocycles. The van der Waals surface area contributed by atoms with Gasteiger partial charge < -0.3 is 14.7 Å². The van der Waals surface area contributed by atoms with Gasteiger partial charge >= 0.3 is 0 Å². The van der Waals surface area contributed by atoms with E-state index >= 15 is 0 Å². The van der Waals surface area contributed by atoms with Crippen molar-refractivity contribution >= 4 is 5.91 Å². The van der Waals surface area contributed by atoms with E-state index in [0.29, 0.717) is 31.7 Å². The number of carbonyl (C=O) groups is 1. The molecule has 1 saturated carbocycles. The Hall–Kier alpha value is -1.46.